The molecule has 0 bridgehead atoms. The molecular formula is C13H24O. The average Bonchev–Trinajstić information content (AvgIpc) is 2.19. The Kier molecular flexibility index (Phi) is 5.21. The van der Waals surface area contributed by atoms with E-state index >= 15 is 0 Å². The quantitative estimate of drug-likeness (QED) is 0.650. The van der Waals surface area contributed by atoms with Crippen molar-refractivity contribution in [3.05, 3.63) is 0 Å². The number of carbonyl (C=O) groups excluding carboxylic acids is 1. The second-order valence-corrected chi connectivity index (χ2v) is 4.79. The molecule has 0 aromatic carbocycles. The van der Waals surface area contributed by atoms with Crippen molar-refractivity contribution in [2.24, 2.45) is 11.8 Å². The monoisotopic (exact) mass is 196 g/mol. The summed E-state index contributed by atoms with van der Waals surface area (Å²) in [6.45, 7) is 4.37. The number of ketones is 1. The summed E-state index contributed by atoms with van der Waals surface area (Å²) in [4.78, 5) is 11.5. The Morgan fingerprint density at radius 3 is 2.14 bits per heavy atom. The molecule has 1 fully saturated rings. The summed E-state index contributed by atoms with van der Waals surface area (Å²) in [5.74, 6) is 2.16. The molecule has 0 heterocycles. The Morgan fingerprint density at radius 2 is 1.64 bits per heavy atom. The van der Waals surface area contributed by atoms with Gasteiger partial charge in [-0.2, -0.15) is 0 Å². The van der Waals surface area contributed by atoms with Crippen LogP contribution in [0.1, 0.15) is 65.2 Å². The summed E-state index contributed by atoms with van der Waals surface area (Å²) >= 11 is 0. The zero-order valence-corrected chi connectivity index (χ0v) is 9.72. The van der Waals surface area contributed by atoms with Crippen LogP contribution >= 0.6 is 0 Å². The molecule has 0 unspecified atom stereocenters. The number of rotatable bonds is 5. The molecule has 1 aliphatic carbocycles. The summed E-state index contributed by atoms with van der Waals surface area (Å²) in [5.41, 5.74) is 0. The predicted molar refractivity (Wildman–Crippen MR) is 60.3 cm³/mol. The molecule has 0 aliphatic heterocycles. The largest absolute Gasteiger partial charge is 0.300 e. The van der Waals surface area contributed by atoms with Gasteiger partial charge in [-0.1, -0.05) is 33.1 Å². The van der Waals surface area contributed by atoms with Crippen LogP contribution in [0, 0.1) is 11.8 Å². The van der Waals surface area contributed by atoms with Crippen LogP contribution in [0.3, 0.4) is 0 Å². The highest BCUT2D eigenvalue weighted by Gasteiger charge is 2.21. The Balaban J connectivity index is 2.18. The molecule has 0 spiro atoms. The second kappa shape index (κ2) is 6.21. The highest BCUT2D eigenvalue weighted by molar-refractivity contribution is 5.78. The summed E-state index contributed by atoms with van der Waals surface area (Å²) < 4.78 is 0. The average molecular weight is 196 g/mol. The highest BCUT2D eigenvalue weighted by atomic mass is 16.1. The molecule has 14 heavy (non-hydrogen) atoms. The third-order valence-corrected chi connectivity index (χ3v) is 3.59. The van der Waals surface area contributed by atoms with Crippen molar-refractivity contribution in [3.8, 4) is 0 Å². The van der Waals surface area contributed by atoms with Crippen LogP contribution in [0.5, 0.6) is 0 Å². The van der Waals surface area contributed by atoms with Gasteiger partial charge in [0.25, 0.3) is 0 Å². The van der Waals surface area contributed by atoms with Crippen LogP contribution in [0.25, 0.3) is 0 Å². The van der Waals surface area contributed by atoms with E-state index in [0.717, 1.165) is 31.1 Å². The van der Waals surface area contributed by atoms with Crippen molar-refractivity contribution >= 4 is 5.78 Å². The van der Waals surface area contributed by atoms with E-state index < -0.39 is 0 Å². The number of hydrogen-bond acceptors (Lipinski definition) is 1. The molecule has 1 aliphatic rings. The standard InChI is InChI=1S/C13H24O/c1-3-5-13(14)10-12-8-6-11(4-2)7-9-12/h11-12H,3-10H2,1-2H3. The first-order valence-corrected chi connectivity index (χ1v) is 6.27. The van der Waals surface area contributed by atoms with Gasteiger partial charge in [0.05, 0.1) is 0 Å². The summed E-state index contributed by atoms with van der Waals surface area (Å²) in [5, 5.41) is 0. The van der Waals surface area contributed by atoms with E-state index in [1.54, 1.807) is 0 Å². The maximum Gasteiger partial charge on any atom is 0.133 e. The van der Waals surface area contributed by atoms with E-state index in [-0.39, 0.29) is 0 Å². The lowest BCUT2D eigenvalue weighted by Crippen LogP contribution is -2.16. The van der Waals surface area contributed by atoms with Crippen LogP contribution in [-0.2, 0) is 4.79 Å². The van der Waals surface area contributed by atoms with Gasteiger partial charge in [-0.3, -0.25) is 4.79 Å². The van der Waals surface area contributed by atoms with Gasteiger partial charge >= 0.3 is 0 Å². The number of Topliss-reactive ketones (excluding diaryl/α,β-unsaturated/α-hetero) is 1. The fraction of sp³-hybridized carbons (Fsp3) is 0.923. The molecule has 0 radical (unpaired) electrons. The van der Waals surface area contributed by atoms with Gasteiger partial charge in [-0.05, 0) is 31.1 Å². The van der Waals surface area contributed by atoms with Crippen LogP contribution < -0.4 is 0 Å². The fourth-order valence-electron chi connectivity index (χ4n) is 2.55. The van der Waals surface area contributed by atoms with E-state index in [2.05, 4.69) is 13.8 Å². The Labute approximate surface area is 88.3 Å². The molecular weight excluding hydrogens is 172 g/mol. The van der Waals surface area contributed by atoms with Crippen LogP contribution in [0.2, 0.25) is 0 Å². The Morgan fingerprint density at radius 1 is 1.07 bits per heavy atom. The minimum atomic E-state index is 0.493. The van der Waals surface area contributed by atoms with Gasteiger partial charge in [0.15, 0.2) is 0 Å². The highest BCUT2D eigenvalue weighted by Crippen LogP contribution is 2.32. The van der Waals surface area contributed by atoms with Crippen molar-refractivity contribution in [3.63, 3.8) is 0 Å². The second-order valence-electron chi connectivity index (χ2n) is 4.79. The van der Waals surface area contributed by atoms with Crippen LogP contribution in [0.15, 0.2) is 0 Å². The molecule has 1 saturated carbocycles. The predicted octanol–water partition coefficient (Wildman–Crippen LogP) is 3.96. The van der Waals surface area contributed by atoms with E-state index in [9.17, 15) is 4.79 Å². The van der Waals surface area contributed by atoms with Crippen molar-refractivity contribution < 1.29 is 4.79 Å². The molecule has 0 aromatic heterocycles. The molecule has 1 heteroatoms. The lowest BCUT2D eigenvalue weighted by molar-refractivity contribution is -0.120. The first-order chi connectivity index (χ1) is 6.76. The zero-order chi connectivity index (χ0) is 10.4. The molecule has 0 saturated heterocycles. The molecule has 82 valence electrons. The lowest BCUT2D eigenvalue weighted by atomic mass is 9.78. The first-order valence-electron chi connectivity index (χ1n) is 6.27. The number of carbonyl (C=O) groups is 1. The third kappa shape index (κ3) is 3.81. The normalized spacial score (nSPS) is 27.6. The van der Waals surface area contributed by atoms with E-state index in [1.807, 2.05) is 0 Å². The zero-order valence-electron chi connectivity index (χ0n) is 9.72. The van der Waals surface area contributed by atoms with E-state index in [0.29, 0.717) is 5.78 Å². The molecule has 0 N–H and O–H groups in total. The minimum absolute atomic E-state index is 0.493. The van der Waals surface area contributed by atoms with Gasteiger partial charge < -0.3 is 0 Å². The summed E-state index contributed by atoms with van der Waals surface area (Å²) in [6.07, 6.45) is 9.33. The minimum Gasteiger partial charge on any atom is -0.300 e. The van der Waals surface area contributed by atoms with Gasteiger partial charge in [-0.25, -0.2) is 0 Å². The Bertz CT molecular complexity index is 166. The molecule has 1 nitrogen and oxygen atoms in total. The molecule has 0 atom stereocenters. The SMILES string of the molecule is CCCC(=O)CC1CCC(CC)CC1. The summed E-state index contributed by atoms with van der Waals surface area (Å²) in [6, 6.07) is 0. The van der Waals surface area contributed by atoms with Crippen molar-refractivity contribution in [2.45, 2.75) is 65.2 Å². The third-order valence-electron chi connectivity index (χ3n) is 3.59. The lowest BCUT2D eigenvalue weighted by Gasteiger charge is -2.27. The molecule has 0 aromatic rings. The molecule has 0 amide bonds. The Hall–Kier alpha value is -0.330. The van der Waals surface area contributed by atoms with Crippen molar-refractivity contribution in [2.75, 3.05) is 0 Å². The van der Waals surface area contributed by atoms with E-state index in [4.69, 9.17) is 0 Å². The van der Waals surface area contributed by atoms with Crippen LogP contribution in [-0.4, -0.2) is 5.78 Å². The van der Waals surface area contributed by atoms with Gasteiger partial charge in [0, 0.05) is 12.8 Å². The van der Waals surface area contributed by atoms with Crippen molar-refractivity contribution in [1.29, 1.82) is 0 Å². The number of hydrogen-bond donors (Lipinski definition) is 0. The maximum atomic E-state index is 11.5. The van der Waals surface area contributed by atoms with Gasteiger partial charge in [0.2, 0.25) is 0 Å². The summed E-state index contributed by atoms with van der Waals surface area (Å²) in [7, 11) is 0. The first kappa shape index (κ1) is 11.7. The maximum absolute atomic E-state index is 11.5. The topological polar surface area (TPSA) is 17.1 Å². The smallest absolute Gasteiger partial charge is 0.133 e. The van der Waals surface area contributed by atoms with Crippen LogP contribution in [0.4, 0.5) is 0 Å². The van der Waals surface area contributed by atoms with Gasteiger partial charge in [-0.15, -0.1) is 0 Å². The van der Waals surface area contributed by atoms with Crippen molar-refractivity contribution in [1.82, 2.24) is 0 Å². The fourth-order valence-corrected chi connectivity index (χ4v) is 2.55. The van der Waals surface area contributed by atoms with Gasteiger partial charge in [0.1, 0.15) is 5.78 Å². The van der Waals surface area contributed by atoms with E-state index in [1.165, 1.54) is 32.1 Å². The molecule has 1 rings (SSSR count).